The molecule has 0 atom stereocenters. The van der Waals surface area contributed by atoms with Crippen molar-refractivity contribution in [3.8, 4) is 5.75 Å². The van der Waals surface area contributed by atoms with Crippen molar-refractivity contribution in [2.24, 2.45) is 10.8 Å². The molecule has 2 nitrogen and oxygen atoms in total. The molecule has 0 unspecified atom stereocenters. The quantitative estimate of drug-likeness (QED) is 0.778. The second-order valence-corrected chi connectivity index (χ2v) is 8.73. The molecule has 0 aliphatic heterocycles. The van der Waals surface area contributed by atoms with Gasteiger partial charge in [0.15, 0.2) is 0 Å². The zero-order valence-corrected chi connectivity index (χ0v) is 14.8. The SMILES string of the molecule is CC1(C)CC(NCc2cc(Cl)cc(Cl)c2O)CC(C)(C)C1. The van der Waals surface area contributed by atoms with E-state index in [9.17, 15) is 5.11 Å². The number of rotatable bonds is 3. The third-order valence-electron chi connectivity index (χ3n) is 4.24. The monoisotopic (exact) mass is 329 g/mol. The number of hydrogen-bond donors (Lipinski definition) is 2. The topological polar surface area (TPSA) is 32.3 Å². The maximum atomic E-state index is 10.0. The van der Waals surface area contributed by atoms with E-state index >= 15 is 0 Å². The second-order valence-electron chi connectivity index (χ2n) is 7.89. The van der Waals surface area contributed by atoms with Crippen molar-refractivity contribution in [1.29, 1.82) is 0 Å². The van der Waals surface area contributed by atoms with Gasteiger partial charge in [-0.15, -0.1) is 0 Å². The minimum Gasteiger partial charge on any atom is -0.506 e. The Balaban J connectivity index is 2.06. The highest BCUT2D eigenvalue weighted by Crippen LogP contribution is 2.45. The Labute approximate surface area is 137 Å². The molecular formula is C17H25Cl2NO. The maximum absolute atomic E-state index is 10.0. The number of phenolic OH excluding ortho intramolecular Hbond substituents is 1. The summed E-state index contributed by atoms with van der Waals surface area (Å²) in [5.74, 6) is 0.128. The summed E-state index contributed by atoms with van der Waals surface area (Å²) in [5.41, 5.74) is 1.44. The highest BCUT2D eigenvalue weighted by Gasteiger charge is 2.38. The van der Waals surface area contributed by atoms with E-state index in [4.69, 9.17) is 23.2 Å². The molecule has 1 fully saturated rings. The molecule has 0 radical (unpaired) electrons. The molecule has 118 valence electrons. The van der Waals surface area contributed by atoms with Crippen molar-refractivity contribution in [3.05, 3.63) is 27.7 Å². The number of phenols is 1. The highest BCUT2D eigenvalue weighted by molar-refractivity contribution is 6.35. The van der Waals surface area contributed by atoms with Crippen LogP contribution in [0, 0.1) is 10.8 Å². The normalized spacial score (nSPS) is 21.4. The molecule has 2 N–H and O–H groups in total. The molecule has 1 saturated carbocycles. The minimum atomic E-state index is 0.128. The largest absolute Gasteiger partial charge is 0.506 e. The average Bonchev–Trinajstić information content (AvgIpc) is 2.28. The fourth-order valence-corrected chi connectivity index (χ4v) is 4.53. The van der Waals surface area contributed by atoms with Crippen LogP contribution < -0.4 is 5.32 Å². The molecule has 0 saturated heterocycles. The summed E-state index contributed by atoms with van der Waals surface area (Å²) in [6.07, 6.45) is 3.53. The number of benzene rings is 1. The van der Waals surface area contributed by atoms with Crippen LogP contribution in [0.3, 0.4) is 0 Å². The molecule has 0 amide bonds. The van der Waals surface area contributed by atoms with E-state index in [0.29, 0.717) is 33.5 Å². The second kappa shape index (κ2) is 5.98. The van der Waals surface area contributed by atoms with E-state index < -0.39 is 0 Å². The van der Waals surface area contributed by atoms with Crippen LogP contribution in [-0.2, 0) is 6.54 Å². The summed E-state index contributed by atoms with van der Waals surface area (Å²) in [6, 6.07) is 3.78. The van der Waals surface area contributed by atoms with Crippen LogP contribution in [-0.4, -0.2) is 11.1 Å². The standard InChI is InChI=1S/C17H25Cl2NO/c1-16(2)7-13(8-17(3,4)10-16)20-9-11-5-12(18)6-14(19)15(11)21/h5-6,13,20-21H,7-10H2,1-4H3. The molecule has 2 rings (SSSR count). The zero-order valence-electron chi connectivity index (χ0n) is 13.3. The number of halogens is 2. The van der Waals surface area contributed by atoms with Crippen LogP contribution in [0.2, 0.25) is 10.0 Å². The lowest BCUT2D eigenvalue weighted by atomic mass is 9.63. The van der Waals surface area contributed by atoms with Gasteiger partial charge in [0.25, 0.3) is 0 Å². The van der Waals surface area contributed by atoms with Crippen LogP contribution in [0.15, 0.2) is 12.1 Å². The van der Waals surface area contributed by atoms with Gasteiger partial charge >= 0.3 is 0 Å². The van der Waals surface area contributed by atoms with Gasteiger partial charge < -0.3 is 10.4 Å². The van der Waals surface area contributed by atoms with Gasteiger partial charge in [0.05, 0.1) is 5.02 Å². The molecule has 1 aromatic rings. The van der Waals surface area contributed by atoms with E-state index in [2.05, 4.69) is 33.0 Å². The third kappa shape index (κ3) is 4.51. The molecule has 0 bridgehead atoms. The van der Waals surface area contributed by atoms with Gasteiger partial charge in [0.2, 0.25) is 0 Å². The molecular weight excluding hydrogens is 305 g/mol. The Morgan fingerprint density at radius 1 is 1.14 bits per heavy atom. The number of hydrogen-bond acceptors (Lipinski definition) is 2. The molecule has 21 heavy (non-hydrogen) atoms. The summed E-state index contributed by atoms with van der Waals surface area (Å²) in [5, 5.41) is 14.5. The lowest BCUT2D eigenvalue weighted by molar-refractivity contribution is 0.0844. The fourth-order valence-electron chi connectivity index (χ4n) is 4.00. The highest BCUT2D eigenvalue weighted by atomic mass is 35.5. The van der Waals surface area contributed by atoms with Crippen LogP contribution >= 0.6 is 23.2 Å². The summed E-state index contributed by atoms with van der Waals surface area (Å²) >= 11 is 12.0. The smallest absolute Gasteiger partial charge is 0.138 e. The van der Waals surface area contributed by atoms with Crippen LogP contribution in [0.5, 0.6) is 5.75 Å². The Morgan fingerprint density at radius 2 is 1.71 bits per heavy atom. The summed E-state index contributed by atoms with van der Waals surface area (Å²) in [6.45, 7) is 9.90. The first-order chi connectivity index (χ1) is 9.58. The van der Waals surface area contributed by atoms with E-state index in [1.165, 1.54) is 6.42 Å². The molecule has 1 aliphatic carbocycles. The van der Waals surface area contributed by atoms with Gasteiger partial charge in [-0.2, -0.15) is 0 Å². The lowest BCUT2D eigenvalue weighted by Crippen LogP contribution is -2.43. The third-order valence-corrected chi connectivity index (χ3v) is 4.75. The maximum Gasteiger partial charge on any atom is 0.138 e. The van der Waals surface area contributed by atoms with Crippen molar-refractivity contribution in [3.63, 3.8) is 0 Å². The van der Waals surface area contributed by atoms with Gasteiger partial charge in [-0.1, -0.05) is 50.9 Å². The van der Waals surface area contributed by atoms with Gasteiger partial charge in [-0.25, -0.2) is 0 Å². The molecule has 4 heteroatoms. The fraction of sp³-hybridized carbons (Fsp3) is 0.647. The van der Waals surface area contributed by atoms with Gasteiger partial charge in [0.1, 0.15) is 5.75 Å². The summed E-state index contributed by atoms with van der Waals surface area (Å²) in [4.78, 5) is 0. The van der Waals surface area contributed by atoms with Crippen molar-refractivity contribution in [2.45, 2.75) is 59.5 Å². The van der Waals surface area contributed by atoms with Crippen molar-refractivity contribution >= 4 is 23.2 Å². The van der Waals surface area contributed by atoms with E-state index in [1.807, 2.05) is 0 Å². The molecule has 0 heterocycles. The van der Waals surface area contributed by atoms with Crippen molar-refractivity contribution in [1.82, 2.24) is 5.32 Å². The Hall–Kier alpha value is -0.440. The van der Waals surface area contributed by atoms with Crippen LogP contribution in [0.25, 0.3) is 0 Å². The number of nitrogens with one attached hydrogen (secondary N) is 1. The molecule has 0 aromatic heterocycles. The van der Waals surface area contributed by atoms with Crippen LogP contribution in [0.1, 0.15) is 52.5 Å². The predicted molar refractivity (Wildman–Crippen MR) is 90.2 cm³/mol. The Kier molecular flexibility index (Phi) is 4.82. The van der Waals surface area contributed by atoms with Gasteiger partial charge in [-0.05, 0) is 42.2 Å². The molecule has 1 aromatic carbocycles. The first-order valence-electron chi connectivity index (χ1n) is 7.48. The molecule has 0 spiro atoms. The van der Waals surface area contributed by atoms with Gasteiger partial charge in [-0.3, -0.25) is 0 Å². The first-order valence-corrected chi connectivity index (χ1v) is 8.24. The zero-order chi connectivity index (χ0) is 15.8. The Bertz CT molecular complexity index is 510. The lowest BCUT2D eigenvalue weighted by Gasteiger charge is -2.45. The van der Waals surface area contributed by atoms with Crippen LogP contribution in [0.4, 0.5) is 0 Å². The first kappa shape index (κ1) is 16.9. The molecule has 1 aliphatic rings. The van der Waals surface area contributed by atoms with E-state index in [-0.39, 0.29) is 5.75 Å². The van der Waals surface area contributed by atoms with E-state index in [1.54, 1.807) is 12.1 Å². The minimum absolute atomic E-state index is 0.128. The Morgan fingerprint density at radius 3 is 2.29 bits per heavy atom. The van der Waals surface area contributed by atoms with E-state index in [0.717, 1.165) is 18.4 Å². The summed E-state index contributed by atoms with van der Waals surface area (Å²) in [7, 11) is 0. The average molecular weight is 330 g/mol. The van der Waals surface area contributed by atoms with Crippen molar-refractivity contribution in [2.75, 3.05) is 0 Å². The van der Waals surface area contributed by atoms with Crippen molar-refractivity contribution < 1.29 is 5.11 Å². The van der Waals surface area contributed by atoms with Gasteiger partial charge in [0, 0.05) is 23.2 Å². The number of aromatic hydroxyl groups is 1. The predicted octanol–water partition coefficient (Wildman–Crippen LogP) is 5.39. The summed E-state index contributed by atoms with van der Waals surface area (Å²) < 4.78 is 0.